The number of carboxylic acid groups (broad SMARTS) is 1. The molecule has 0 saturated carbocycles. The highest BCUT2D eigenvalue weighted by molar-refractivity contribution is 5.84. The monoisotopic (exact) mass is 281 g/mol. The summed E-state index contributed by atoms with van der Waals surface area (Å²) in [5, 5.41) is 18.6. The number of hydrogen-bond donors (Lipinski definition) is 2. The Hall–Kier alpha value is -1.96. The summed E-state index contributed by atoms with van der Waals surface area (Å²) in [7, 11) is 0. The van der Waals surface area contributed by atoms with E-state index in [0.29, 0.717) is 12.5 Å². The molecule has 2 heterocycles. The third-order valence-corrected chi connectivity index (χ3v) is 3.47. The number of nitrogens with one attached hydrogen (secondary N) is 1. The van der Waals surface area contributed by atoms with Crippen LogP contribution in [0.3, 0.4) is 0 Å². The summed E-state index contributed by atoms with van der Waals surface area (Å²) >= 11 is 0. The molecule has 2 N–H and O–H groups in total. The molecule has 1 aromatic heterocycles. The molecule has 0 bridgehead atoms. The first-order chi connectivity index (χ1) is 9.58. The lowest BCUT2D eigenvalue weighted by atomic mass is 10.1. The van der Waals surface area contributed by atoms with E-state index in [1.165, 1.54) is 10.9 Å². The Bertz CT molecular complexity index is 487. The number of hydrogen-bond acceptors (Lipinski definition) is 5. The van der Waals surface area contributed by atoms with Gasteiger partial charge in [-0.3, -0.25) is 4.79 Å². The molecule has 1 aliphatic rings. The van der Waals surface area contributed by atoms with E-state index in [1.54, 1.807) is 0 Å². The number of carbonyl (C=O) groups excluding carboxylic acids is 1. The van der Waals surface area contributed by atoms with E-state index in [-0.39, 0.29) is 18.1 Å². The molecule has 0 aliphatic carbocycles. The van der Waals surface area contributed by atoms with Crippen molar-refractivity contribution >= 4 is 11.9 Å². The highest BCUT2D eigenvalue weighted by atomic mass is 16.4. The molecule has 8 heteroatoms. The average Bonchev–Trinajstić information content (AvgIpc) is 3.04. The van der Waals surface area contributed by atoms with Crippen LogP contribution in [0, 0.1) is 5.92 Å². The first-order valence-electron chi connectivity index (χ1n) is 6.71. The van der Waals surface area contributed by atoms with Crippen LogP contribution in [-0.2, 0) is 11.3 Å². The summed E-state index contributed by atoms with van der Waals surface area (Å²) in [5.74, 6) is -0.840. The van der Waals surface area contributed by atoms with Gasteiger partial charge in [0.15, 0.2) is 5.69 Å². The van der Waals surface area contributed by atoms with Crippen molar-refractivity contribution in [3.8, 4) is 0 Å². The van der Waals surface area contributed by atoms with Gasteiger partial charge < -0.3 is 15.3 Å². The third-order valence-electron chi connectivity index (χ3n) is 3.47. The van der Waals surface area contributed by atoms with Gasteiger partial charge in [0.25, 0.3) is 0 Å². The summed E-state index contributed by atoms with van der Waals surface area (Å²) in [4.78, 5) is 24.7. The predicted octanol–water partition coefficient (Wildman–Crippen LogP) is -0.566. The second-order valence-corrected chi connectivity index (χ2v) is 4.96. The fourth-order valence-corrected chi connectivity index (χ4v) is 2.30. The molecular weight excluding hydrogens is 262 g/mol. The van der Waals surface area contributed by atoms with Gasteiger partial charge in [-0.2, -0.15) is 0 Å². The van der Waals surface area contributed by atoms with E-state index >= 15 is 0 Å². The first-order valence-corrected chi connectivity index (χ1v) is 6.71. The van der Waals surface area contributed by atoms with Gasteiger partial charge in [0.2, 0.25) is 5.91 Å². The topological polar surface area (TPSA) is 100 Å². The van der Waals surface area contributed by atoms with Crippen LogP contribution in [0.25, 0.3) is 0 Å². The SMILES string of the molecule is CCN1CCC(CNC(=O)Cn2cc(C(=O)O)nn2)C1. The molecule has 1 aliphatic heterocycles. The highest BCUT2D eigenvalue weighted by Crippen LogP contribution is 2.14. The summed E-state index contributed by atoms with van der Waals surface area (Å²) < 4.78 is 1.23. The van der Waals surface area contributed by atoms with Gasteiger partial charge in [0.1, 0.15) is 6.54 Å². The van der Waals surface area contributed by atoms with Crippen molar-refractivity contribution in [1.29, 1.82) is 0 Å². The zero-order valence-corrected chi connectivity index (χ0v) is 11.4. The molecule has 0 aromatic carbocycles. The number of rotatable bonds is 6. The van der Waals surface area contributed by atoms with E-state index < -0.39 is 5.97 Å². The fourth-order valence-electron chi connectivity index (χ4n) is 2.30. The normalized spacial score (nSPS) is 19.1. The first kappa shape index (κ1) is 14.4. The molecule has 1 fully saturated rings. The van der Waals surface area contributed by atoms with Crippen molar-refractivity contribution < 1.29 is 14.7 Å². The maximum Gasteiger partial charge on any atom is 0.358 e. The van der Waals surface area contributed by atoms with Crippen molar-refractivity contribution in [1.82, 2.24) is 25.2 Å². The largest absolute Gasteiger partial charge is 0.476 e. The Morgan fingerprint density at radius 1 is 1.55 bits per heavy atom. The molecule has 1 atom stereocenters. The van der Waals surface area contributed by atoms with E-state index in [9.17, 15) is 9.59 Å². The van der Waals surface area contributed by atoms with Crippen molar-refractivity contribution in [2.75, 3.05) is 26.2 Å². The molecule has 1 amide bonds. The van der Waals surface area contributed by atoms with Gasteiger partial charge in [-0.1, -0.05) is 12.1 Å². The highest BCUT2D eigenvalue weighted by Gasteiger charge is 2.21. The van der Waals surface area contributed by atoms with Crippen molar-refractivity contribution in [3.63, 3.8) is 0 Å². The lowest BCUT2D eigenvalue weighted by molar-refractivity contribution is -0.122. The van der Waals surface area contributed by atoms with Crippen molar-refractivity contribution in [2.45, 2.75) is 19.9 Å². The molecule has 0 radical (unpaired) electrons. The fraction of sp³-hybridized carbons (Fsp3) is 0.667. The van der Waals surface area contributed by atoms with Crippen LogP contribution in [0.2, 0.25) is 0 Å². The molecular formula is C12H19N5O3. The maximum absolute atomic E-state index is 11.7. The number of nitrogens with zero attached hydrogens (tertiary/aromatic N) is 4. The van der Waals surface area contributed by atoms with Gasteiger partial charge in [0.05, 0.1) is 6.20 Å². The van der Waals surface area contributed by atoms with Gasteiger partial charge in [0, 0.05) is 13.1 Å². The zero-order valence-electron chi connectivity index (χ0n) is 11.4. The van der Waals surface area contributed by atoms with Gasteiger partial charge >= 0.3 is 5.97 Å². The summed E-state index contributed by atoms with van der Waals surface area (Å²) in [6.45, 7) is 5.92. The lowest BCUT2D eigenvalue weighted by Gasteiger charge is -2.13. The molecule has 8 nitrogen and oxygen atoms in total. The van der Waals surface area contributed by atoms with Crippen molar-refractivity contribution in [3.05, 3.63) is 11.9 Å². The molecule has 20 heavy (non-hydrogen) atoms. The third kappa shape index (κ3) is 3.77. The second-order valence-electron chi connectivity index (χ2n) is 4.96. The predicted molar refractivity (Wildman–Crippen MR) is 70.2 cm³/mol. The minimum absolute atomic E-state index is 0.00943. The van der Waals surface area contributed by atoms with Crippen LogP contribution in [0.1, 0.15) is 23.8 Å². The average molecular weight is 281 g/mol. The Kier molecular flexibility index (Phi) is 4.67. The molecule has 110 valence electrons. The molecule has 0 spiro atoms. The number of aromatic carboxylic acids is 1. The molecule has 1 unspecified atom stereocenters. The minimum Gasteiger partial charge on any atom is -0.476 e. The Morgan fingerprint density at radius 3 is 2.95 bits per heavy atom. The summed E-state index contributed by atoms with van der Waals surface area (Å²) in [5.41, 5.74) is -0.160. The Balaban J connectivity index is 1.74. The minimum atomic E-state index is -1.15. The van der Waals surface area contributed by atoms with E-state index in [2.05, 4.69) is 27.5 Å². The summed E-state index contributed by atoms with van der Waals surface area (Å²) in [6, 6.07) is 0. The molecule has 2 rings (SSSR count). The van der Waals surface area contributed by atoms with Gasteiger partial charge in [-0.05, 0) is 25.4 Å². The number of aromatic nitrogens is 3. The van der Waals surface area contributed by atoms with Crippen molar-refractivity contribution in [2.24, 2.45) is 5.92 Å². The van der Waals surface area contributed by atoms with E-state index in [4.69, 9.17) is 5.11 Å². The van der Waals surface area contributed by atoms with E-state index in [1.807, 2.05) is 0 Å². The number of likely N-dealkylation sites (tertiary alicyclic amines) is 1. The Morgan fingerprint density at radius 2 is 2.35 bits per heavy atom. The molecule has 1 saturated heterocycles. The smallest absolute Gasteiger partial charge is 0.358 e. The van der Waals surface area contributed by atoms with Gasteiger partial charge in [-0.15, -0.1) is 5.10 Å². The second kappa shape index (κ2) is 6.47. The standard InChI is InChI=1S/C12H19N5O3/c1-2-16-4-3-9(6-16)5-13-11(18)8-17-7-10(12(19)20)14-15-17/h7,9H,2-6,8H2,1H3,(H,13,18)(H,19,20). The maximum atomic E-state index is 11.7. The van der Waals surface area contributed by atoms with Crippen LogP contribution in [0.5, 0.6) is 0 Å². The van der Waals surface area contributed by atoms with Gasteiger partial charge in [-0.25, -0.2) is 9.48 Å². The van der Waals surface area contributed by atoms with Crippen LogP contribution in [0.15, 0.2) is 6.20 Å². The number of carbonyl (C=O) groups is 2. The number of carboxylic acids is 1. The zero-order chi connectivity index (χ0) is 14.5. The Labute approximate surface area is 116 Å². The van der Waals surface area contributed by atoms with Crippen LogP contribution in [-0.4, -0.2) is 63.1 Å². The molecule has 1 aromatic rings. The van der Waals surface area contributed by atoms with Crippen LogP contribution >= 0.6 is 0 Å². The quantitative estimate of drug-likeness (QED) is 0.724. The number of amides is 1. The van der Waals surface area contributed by atoms with E-state index in [0.717, 1.165) is 26.1 Å². The van der Waals surface area contributed by atoms with Crippen LogP contribution < -0.4 is 5.32 Å². The summed E-state index contributed by atoms with van der Waals surface area (Å²) in [6.07, 6.45) is 2.34. The van der Waals surface area contributed by atoms with Crippen LogP contribution in [0.4, 0.5) is 0 Å². The lowest BCUT2D eigenvalue weighted by Crippen LogP contribution is -2.33.